The van der Waals surface area contributed by atoms with Crippen LogP contribution < -0.4 is 4.72 Å². The molecule has 2 aromatic heterocycles. The summed E-state index contributed by atoms with van der Waals surface area (Å²) in [5.74, 6) is 0.722. The van der Waals surface area contributed by atoms with E-state index in [2.05, 4.69) is 25.0 Å². The van der Waals surface area contributed by atoms with Gasteiger partial charge in [-0.05, 0) is 6.42 Å². The zero-order valence-corrected chi connectivity index (χ0v) is 11.5. The van der Waals surface area contributed by atoms with Crippen molar-refractivity contribution in [3.05, 3.63) is 24.5 Å². The van der Waals surface area contributed by atoms with Crippen molar-refractivity contribution in [3.63, 3.8) is 0 Å². The van der Waals surface area contributed by atoms with Crippen LogP contribution in [0.2, 0.25) is 0 Å². The van der Waals surface area contributed by atoms with Crippen LogP contribution in [0.25, 0.3) is 0 Å². The molecule has 110 valence electrons. The van der Waals surface area contributed by atoms with Crippen LogP contribution in [0.1, 0.15) is 12.2 Å². The maximum Gasteiger partial charge on any atom is 0.243 e. The van der Waals surface area contributed by atoms with Crippen molar-refractivity contribution in [3.8, 4) is 0 Å². The number of aryl methyl sites for hydroxylation is 1. The van der Waals surface area contributed by atoms with Gasteiger partial charge in [-0.15, -0.1) is 0 Å². The van der Waals surface area contributed by atoms with Crippen LogP contribution in [-0.2, 0) is 23.0 Å². The van der Waals surface area contributed by atoms with Crippen LogP contribution in [0.15, 0.2) is 23.6 Å². The van der Waals surface area contributed by atoms with Gasteiger partial charge in [0.15, 0.2) is 0 Å². The number of sulfonamides is 1. The summed E-state index contributed by atoms with van der Waals surface area (Å²) in [6, 6.07) is 0. The molecular formula is C10H16N6O3S. The van der Waals surface area contributed by atoms with E-state index in [9.17, 15) is 8.42 Å². The molecule has 0 unspecified atom stereocenters. The Kier molecular flexibility index (Phi) is 4.82. The maximum atomic E-state index is 11.9. The van der Waals surface area contributed by atoms with Crippen molar-refractivity contribution in [1.82, 2.24) is 29.7 Å². The van der Waals surface area contributed by atoms with Gasteiger partial charge in [-0.25, -0.2) is 18.1 Å². The summed E-state index contributed by atoms with van der Waals surface area (Å²) in [5, 5.41) is 19.0. The molecule has 2 aromatic rings. The third-order valence-electron chi connectivity index (χ3n) is 2.60. The number of hydrogen-bond donors (Lipinski definition) is 3. The molecule has 9 nitrogen and oxygen atoms in total. The molecule has 0 aliphatic carbocycles. The van der Waals surface area contributed by atoms with Crippen LogP contribution in [0, 0.1) is 0 Å². The van der Waals surface area contributed by atoms with Gasteiger partial charge in [0.25, 0.3) is 0 Å². The number of aliphatic hydroxyl groups excluding tert-OH is 1. The maximum absolute atomic E-state index is 11.9. The fraction of sp³-hybridized carbons (Fsp3) is 0.500. The van der Waals surface area contributed by atoms with Gasteiger partial charge in [0, 0.05) is 19.2 Å². The molecule has 2 heterocycles. The SMILES string of the molecule is O=S(=O)(NCCCc1ncn[nH]1)c1cnn(CCO)c1. The van der Waals surface area contributed by atoms with E-state index >= 15 is 0 Å². The van der Waals surface area contributed by atoms with Gasteiger partial charge in [0.2, 0.25) is 10.0 Å². The Labute approximate surface area is 116 Å². The zero-order chi connectivity index (χ0) is 14.4. The predicted molar refractivity (Wildman–Crippen MR) is 69.2 cm³/mol. The van der Waals surface area contributed by atoms with E-state index in [1.165, 1.54) is 23.4 Å². The van der Waals surface area contributed by atoms with Gasteiger partial charge >= 0.3 is 0 Å². The molecule has 0 amide bonds. The number of H-pyrrole nitrogens is 1. The lowest BCUT2D eigenvalue weighted by molar-refractivity contribution is 0.269. The third-order valence-corrected chi connectivity index (χ3v) is 4.01. The molecule has 20 heavy (non-hydrogen) atoms. The quantitative estimate of drug-likeness (QED) is 0.532. The van der Waals surface area contributed by atoms with E-state index in [1.54, 1.807) is 0 Å². The summed E-state index contributed by atoms with van der Waals surface area (Å²) in [6.07, 6.45) is 5.28. The first-order chi connectivity index (χ1) is 9.62. The number of aromatic amines is 1. The second kappa shape index (κ2) is 6.59. The molecule has 0 spiro atoms. The average molecular weight is 300 g/mol. The van der Waals surface area contributed by atoms with Crippen molar-refractivity contribution in [2.24, 2.45) is 0 Å². The highest BCUT2D eigenvalue weighted by atomic mass is 32.2. The first-order valence-electron chi connectivity index (χ1n) is 6.09. The van der Waals surface area contributed by atoms with E-state index in [-0.39, 0.29) is 18.0 Å². The molecule has 0 bridgehead atoms. The Hall–Kier alpha value is -1.78. The summed E-state index contributed by atoms with van der Waals surface area (Å²) >= 11 is 0. The highest BCUT2D eigenvalue weighted by Crippen LogP contribution is 2.06. The smallest absolute Gasteiger partial charge is 0.243 e. The zero-order valence-electron chi connectivity index (χ0n) is 10.7. The topological polar surface area (TPSA) is 126 Å². The van der Waals surface area contributed by atoms with Crippen molar-refractivity contribution in [1.29, 1.82) is 0 Å². The van der Waals surface area contributed by atoms with Crippen molar-refractivity contribution < 1.29 is 13.5 Å². The summed E-state index contributed by atoms with van der Waals surface area (Å²) in [4.78, 5) is 4.04. The summed E-state index contributed by atoms with van der Waals surface area (Å²) < 4.78 is 27.8. The minimum atomic E-state index is -3.56. The third kappa shape index (κ3) is 3.85. The number of rotatable bonds is 8. The van der Waals surface area contributed by atoms with Gasteiger partial charge in [0.1, 0.15) is 17.0 Å². The Bertz CT molecular complexity index is 621. The highest BCUT2D eigenvalue weighted by Gasteiger charge is 2.15. The lowest BCUT2D eigenvalue weighted by atomic mass is 10.3. The monoisotopic (exact) mass is 300 g/mol. The number of aromatic nitrogens is 5. The summed E-state index contributed by atoms with van der Waals surface area (Å²) in [6.45, 7) is 0.473. The predicted octanol–water partition coefficient (Wildman–Crippen LogP) is -1.10. The molecule has 0 atom stereocenters. The Morgan fingerprint density at radius 1 is 1.45 bits per heavy atom. The molecule has 0 fully saturated rings. The fourth-order valence-corrected chi connectivity index (χ4v) is 2.63. The number of nitrogens with zero attached hydrogens (tertiary/aromatic N) is 4. The normalized spacial score (nSPS) is 11.8. The molecular weight excluding hydrogens is 284 g/mol. The number of hydrogen-bond acceptors (Lipinski definition) is 6. The van der Waals surface area contributed by atoms with E-state index in [4.69, 9.17) is 5.11 Å². The minimum absolute atomic E-state index is 0.0885. The lowest BCUT2D eigenvalue weighted by Gasteiger charge is -2.03. The summed E-state index contributed by atoms with van der Waals surface area (Å²) in [5.41, 5.74) is 0. The molecule has 0 aliphatic heterocycles. The second-order valence-electron chi connectivity index (χ2n) is 4.10. The van der Waals surface area contributed by atoms with Crippen LogP contribution >= 0.6 is 0 Å². The Morgan fingerprint density at radius 3 is 3.00 bits per heavy atom. The molecule has 0 aliphatic rings. The van der Waals surface area contributed by atoms with Crippen LogP contribution in [0.3, 0.4) is 0 Å². The van der Waals surface area contributed by atoms with Crippen LogP contribution in [0.4, 0.5) is 0 Å². The highest BCUT2D eigenvalue weighted by molar-refractivity contribution is 7.89. The molecule has 0 aromatic carbocycles. The fourth-order valence-electron chi connectivity index (χ4n) is 1.61. The van der Waals surface area contributed by atoms with Crippen LogP contribution in [-0.4, -0.2) is 51.6 Å². The Balaban J connectivity index is 1.83. The minimum Gasteiger partial charge on any atom is -0.394 e. The molecule has 2 rings (SSSR count). The Morgan fingerprint density at radius 2 is 2.30 bits per heavy atom. The van der Waals surface area contributed by atoms with E-state index in [0.29, 0.717) is 19.4 Å². The first kappa shape index (κ1) is 14.6. The van der Waals surface area contributed by atoms with E-state index in [1.807, 2.05) is 0 Å². The van der Waals surface area contributed by atoms with Crippen LogP contribution in [0.5, 0.6) is 0 Å². The van der Waals surface area contributed by atoms with Crippen molar-refractivity contribution in [2.45, 2.75) is 24.3 Å². The van der Waals surface area contributed by atoms with Gasteiger partial charge < -0.3 is 5.11 Å². The molecule has 3 N–H and O–H groups in total. The number of nitrogens with one attached hydrogen (secondary N) is 2. The largest absolute Gasteiger partial charge is 0.394 e. The molecule has 0 saturated carbocycles. The second-order valence-corrected chi connectivity index (χ2v) is 5.86. The van der Waals surface area contributed by atoms with Crippen molar-refractivity contribution in [2.75, 3.05) is 13.2 Å². The first-order valence-corrected chi connectivity index (χ1v) is 7.57. The molecule has 0 saturated heterocycles. The number of aliphatic hydroxyl groups is 1. The average Bonchev–Trinajstić information content (AvgIpc) is 3.06. The van der Waals surface area contributed by atoms with Gasteiger partial charge in [-0.2, -0.15) is 10.2 Å². The van der Waals surface area contributed by atoms with Gasteiger partial charge in [-0.1, -0.05) is 0 Å². The van der Waals surface area contributed by atoms with Crippen molar-refractivity contribution >= 4 is 10.0 Å². The van der Waals surface area contributed by atoms with E-state index in [0.717, 1.165) is 5.82 Å². The van der Waals surface area contributed by atoms with Gasteiger partial charge in [-0.3, -0.25) is 9.78 Å². The molecule has 10 heteroatoms. The molecule has 0 radical (unpaired) electrons. The van der Waals surface area contributed by atoms with E-state index < -0.39 is 10.0 Å². The lowest BCUT2D eigenvalue weighted by Crippen LogP contribution is -2.25. The summed E-state index contributed by atoms with van der Waals surface area (Å²) in [7, 11) is -3.56. The van der Waals surface area contributed by atoms with Gasteiger partial charge in [0.05, 0.1) is 19.3 Å². The standard InChI is InChI=1S/C10H16N6O3S/c17-5-4-16-7-9(6-13-16)20(18,19)14-3-1-2-10-11-8-12-15-10/h6-8,14,17H,1-5H2,(H,11,12,15).